The van der Waals surface area contributed by atoms with E-state index in [1.807, 2.05) is 19.1 Å². The summed E-state index contributed by atoms with van der Waals surface area (Å²) >= 11 is 3.27. The number of terminal acetylenes is 1. The van der Waals surface area contributed by atoms with Crippen molar-refractivity contribution in [1.82, 2.24) is 4.31 Å². The molecule has 1 aromatic rings. The van der Waals surface area contributed by atoms with Gasteiger partial charge in [-0.3, -0.25) is 0 Å². The first-order chi connectivity index (χ1) is 9.52. The van der Waals surface area contributed by atoms with Crippen molar-refractivity contribution in [2.75, 3.05) is 18.4 Å². The minimum absolute atomic E-state index is 0.298. The standard InChI is InChI=1S/C15H18BrNO2S/c1-3-4-12-17(13-6-5-11-16)20(18,19)15-9-7-14(2)8-10-15/h1,5-10H,4,11-13H2,2H3/b6-5+. The Balaban J connectivity index is 3.00. The average molecular weight is 356 g/mol. The maximum absolute atomic E-state index is 12.6. The quantitative estimate of drug-likeness (QED) is 0.428. The molecule has 3 nitrogen and oxygen atoms in total. The van der Waals surface area contributed by atoms with Gasteiger partial charge < -0.3 is 0 Å². The van der Waals surface area contributed by atoms with Gasteiger partial charge in [0.25, 0.3) is 0 Å². The van der Waals surface area contributed by atoms with Crippen molar-refractivity contribution in [1.29, 1.82) is 0 Å². The highest BCUT2D eigenvalue weighted by Gasteiger charge is 2.22. The molecule has 0 saturated heterocycles. The number of benzene rings is 1. The van der Waals surface area contributed by atoms with Crippen LogP contribution >= 0.6 is 15.9 Å². The Morgan fingerprint density at radius 2 is 1.95 bits per heavy atom. The molecule has 0 aliphatic heterocycles. The van der Waals surface area contributed by atoms with Gasteiger partial charge in [-0.05, 0) is 19.1 Å². The molecule has 0 N–H and O–H groups in total. The lowest BCUT2D eigenvalue weighted by Gasteiger charge is -2.20. The van der Waals surface area contributed by atoms with Gasteiger partial charge in [-0.2, -0.15) is 4.31 Å². The van der Waals surface area contributed by atoms with Crippen LogP contribution in [0.5, 0.6) is 0 Å². The Bertz CT molecular complexity index is 585. The van der Waals surface area contributed by atoms with Crippen LogP contribution < -0.4 is 0 Å². The number of allylic oxidation sites excluding steroid dienone is 1. The number of hydrogen-bond acceptors (Lipinski definition) is 2. The van der Waals surface area contributed by atoms with Crippen LogP contribution in [-0.2, 0) is 10.0 Å². The first-order valence-electron chi connectivity index (χ1n) is 6.23. The fraction of sp³-hybridized carbons (Fsp3) is 0.333. The van der Waals surface area contributed by atoms with Gasteiger partial charge in [0.15, 0.2) is 0 Å². The van der Waals surface area contributed by atoms with Crippen LogP contribution in [0.25, 0.3) is 0 Å². The van der Waals surface area contributed by atoms with Gasteiger partial charge in [0.2, 0.25) is 10.0 Å². The molecule has 0 unspecified atom stereocenters. The number of aryl methyl sites for hydroxylation is 1. The summed E-state index contributed by atoms with van der Waals surface area (Å²) in [6.07, 6.45) is 9.32. The highest BCUT2D eigenvalue weighted by atomic mass is 79.9. The summed E-state index contributed by atoms with van der Waals surface area (Å²) in [5.74, 6) is 2.48. The predicted octanol–water partition coefficient (Wildman–Crippen LogP) is 2.96. The van der Waals surface area contributed by atoms with Gasteiger partial charge in [-0.15, -0.1) is 12.3 Å². The maximum Gasteiger partial charge on any atom is 0.243 e. The smallest absolute Gasteiger partial charge is 0.207 e. The molecule has 0 radical (unpaired) electrons. The molecule has 1 aromatic carbocycles. The molecule has 0 bridgehead atoms. The van der Waals surface area contributed by atoms with Crippen LogP contribution in [0.1, 0.15) is 12.0 Å². The number of alkyl halides is 1. The Morgan fingerprint density at radius 3 is 2.50 bits per heavy atom. The van der Waals surface area contributed by atoms with Crippen LogP contribution in [0.4, 0.5) is 0 Å². The molecule has 0 atom stereocenters. The SMILES string of the molecule is C#CCCN(C/C=C/CBr)S(=O)(=O)c1ccc(C)cc1. The second kappa shape index (κ2) is 8.25. The highest BCUT2D eigenvalue weighted by molar-refractivity contribution is 9.09. The lowest BCUT2D eigenvalue weighted by atomic mass is 10.2. The molecular formula is C15H18BrNO2S. The minimum Gasteiger partial charge on any atom is -0.207 e. The summed E-state index contributed by atoms with van der Waals surface area (Å²) < 4.78 is 26.5. The molecule has 0 fully saturated rings. The van der Waals surface area contributed by atoms with Crippen LogP contribution in [0.15, 0.2) is 41.3 Å². The summed E-state index contributed by atoms with van der Waals surface area (Å²) in [5, 5.41) is 0.695. The summed E-state index contributed by atoms with van der Waals surface area (Å²) in [4.78, 5) is 0.298. The summed E-state index contributed by atoms with van der Waals surface area (Å²) in [6, 6.07) is 6.84. The Labute approximate surface area is 129 Å². The molecule has 0 amide bonds. The van der Waals surface area contributed by atoms with Crippen molar-refractivity contribution in [2.45, 2.75) is 18.2 Å². The van der Waals surface area contributed by atoms with E-state index in [4.69, 9.17) is 6.42 Å². The highest BCUT2D eigenvalue weighted by Crippen LogP contribution is 2.16. The topological polar surface area (TPSA) is 37.4 Å². The van der Waals surface area contributed by atoms with E-state index in [1.165, 1.54) is 4.31 Å². The third kappa shape index (κ3) is 4.78. The Hall–Kier alpha value is -1.09. The maximum atomic E-state index is 12.6. The van der Waals surface area contributed by atoms with Gasteiger partial charge in [0, 0.05) is 24.8 Å². The van der Waals surface area contributed by atoms with Gasteiger partial charge in [-0.1, -0.05) is 45.8 Å². The van der Waals surface area contributed by atoms with Gasteiger partial charge in [-0.25, -0.2) is 8.42 Å². The number of sulfonamides is 1. The number of hydrogen-bond donors (Lipinski definition) is 0. The van der Waals surface area contributed by atoms with Crippen LogP contribution in [0.2, 0.25) is 0 Å². The van der Waals surface area contributed by atoms with E-state index in [-0.39, 0.29) is 0 Å². The predicted molar refractivity (Wildman–Crippen MR) is 86.3 cm³/mol. The molecule has 1 rings (SSSR count). The lowest BCUT2D eigenvalue weighted by Crippen LogP contribution is -2.32. The van der Waals surface area contributed by atoms with Crippen LogP contribution in [0.3, 0.4) is 0 Å². The number of nitrogens with zero attached hydrogens (tertiary/aromatic N) is 1. The summed E-state index contributed by atoms with van der Waals surface area (Å²) in [6.45, 7) is 2.56. The van der Waals surface area contributed by atoms with E-state index in [0.29, 0.717) is 29.7 Å². The van der Waals surface area contributed by atoms with Crippen molar-refractivity contribution >= 4 is 26.0 Å². The molecule has 20 heavy (non-hydrogen) atoms. The number of rotatable bonds is 7. The zero-order chi connectivity index (χ0) is 15.0. The van der Waals surface area contributed by atoms with Crippen LogP contribution in [-0.4, -0.2) is 31.1 Å². The average Bonchev–Trinajstić information content (AvgIpc) is 2.43. The van der Waals surface area contributed by atoms with E-state index >= 15 is 0 Å². The normalized spacial score (nSPS) is 11.9. The van der Waals surface area contributed by atoms with Crippen molar-refractivity contribution in [3.8, 4) is 12.3 Å². The third-order valence-electron chi connectivity index (χ3n) is 2.73. The van der Waals surface area contributed by atoms with Crippen molar-refractivity contribution < 1.29 is 8.42 Å². The first-order valence-corrected chi connectivity index (χ1v) is 8.79. The molecule has 0 aliphatic carbocycles. The monoisotopic (exact) mass is 355 g/mol. The minimum atomic E-state index is -3.50. The zero-order valence-electron chi connectivity index (χ0n) is 11.4. The molecular weight excluding hydrogens is 338 g/mol. The molecule has 0 aliphatic rings. The van der Waals surface area contributed by atoms with E-state index in [2.05, 4.69) is 21.9 Å². The summed E-state index contributed by atoms with van der Waals surface area (Å²) in [5.41, 5.74) is 1.03. The van der Waals surface area contributed by atoms with Crippen molar-refractivity contribution in [2.24, 2.45) is 0 Å². The fourth-order valence-corrected chi connectivity index (χ4v) is 3.27. The van der Waals surface area contributed by atoms with Gasteiger partial charge in [0.05, 0.1) is 4.90 Å². The third-order valence-corrected chi connectivity index (χ3v) is 4.98. The lowest BCUT2D eigenvalue weighted by molar-refractivity contribution is 0.450. The molecule has 0 saturated carbocycles. The fourth-order valence-electron chi connectivity index (χ4n) is 1.61. The summed E-state index contributed by atoms with van der Waals surface area (Å²) in [7, 11) is -3.50. The molecule has 0 aromatic heterocycles. The molecule has 0 spiro atoms. The van der Waals surface area contributed by atoms with E-state index in [9.17, 15) is 8.42 Å². The molecule has 108 valence electrons. The van der Waals surface area contributed by atoms with Crippen LogP contribution in [0, 0.1) is 19.3 Å². The molecule has 5 heteroatoms. The van der Waals surface area contributed by atoms with Crippen molar-refractivity contribution in [3.63, 3.8) is 0 Å². The largest absolute Gasteiger partial charge is 0.243 e. The second-order valence-corrected chi connectivity index (χ2v) is 6.84. The van der Waals surface area contributed by atoms with E-state index in [0.717, 1.165) is 5.56 Å². The zero-order valence-corrected chi connectivity index (χ0v) is 13.8. The first kappa shape index (κ1) is 17.0. The van der Waals surface area contributed by atoms with E-state index < -0.39 is 10.0 Å². The van der Waals surface area contributed by atoms with E-state index in [1.54, 1.807) is 24.3 Å². The molecule has 0 heterocycles. The van der Waals surface area contributed by atoms with Crippen molar-refractivity contribution in [3.05, 3.63) is 42.0 Å². The number of halogens is 1. The van der Waals surface area contributed by atoms with Gasteiger partial charge >= 0.3 is 0 Å². The van der Waals surface area contributed by atoms with Gasteiger partial charge in [0.1, 0.15) is 0 Å². The Morgan fingerprint density at radius 1 is 1.30 bits per heavy atom. The Kier molecular flexibility index (Phi) is 7.00. The second-order valence-electron chi connectivity index (χ2n) is 4.26.